The Hall–Kier alpha value is -1.25. The first-order valence-electron chi connectivity index (χ1n) is 5.97. The van der Waals surface area contributed by atoms with Crippen LogP contribution in [-0.4, -0.2) is 16.0 Å². The third-order valence-electron chi connectivity index (χ3n) is 2.35. The van der Waals surface area contributed by atoms with Crippen LogP contribution in [0.4, 0.5) is 0 Å². The topological polar surface area (TPSA) is 42.9 Å². The molecule has 1 rings (SSSR count). The predicted octanol–water partition coefficient (Wildman–Crippen LogP) is 3.29. The molecule has 0 unspecified atom stereocenters. The van der Waals surface area contributed by atoms with E-state index < -0.39 is 5.41 Å². The zero-order valence-corrected chi connectivity index (χ0v) is 11.7. The van der Waals surface area contributed by atoms with E-state index in [0.29, 0.717) is 5.69 Å². The smallest absolute Gasteiger partial charge is 0.188 e. The highest BCUT2D eigenvalue weighted by Crippen LogP contribution is 2.21. The highest BCUT2D eigenvalue weighted by Gasteiger charge is 2.24. The first-order valence-corrected chi connectivity index (χ1v) is 5.97. The van der Waals surface area contributed by atoms with Gasteiger partial charge in [-0.15, -0.1) is 5.10 Å². The molecule has 0 fully saturated rings. The van der Waals surface area contributed by atoms with E-state index in [1.165, 1.54) is 0 Å². The van der Waals surface area contributed by atoms with Crippen LogP contribution in [0.5, 0.6) is 0 Å². The fraction of sp³-hybridized carbons (Fsp3) is 0.643. The van der Waals surface area contributed by atoms with Gasteiger partial charge in [-0.3, -0.25) is 4.79 Å². The van der Waals surface area contributed by atoms with Crippen LogP contribution in [0.1, 0.15) is 57.7 Å². The van der Waals surface area contributed by atoms with Crippen molar-refractivity contribution in [1.29, 1.82) is 0 Å². The number of Topliss-reactive ketones (excluding diaryl/α,β-unsaturated/α-hetero) is 1. The van der Waals surface area contributed by atoms with Crippen LogP contribution in [-0.2, 0) is 6.42 Å². The Balaban J connectivity index is 2.86. The van der Waals surface area contributed by atoms with E-state index in [0.717, 1.165) is 12.1 Å². The average molecular weight is 234 g/mol. The van der Waals surface area contributed by atoms with E-state index in [-0.39, 0.29) is 11.2 Å². The molecule has 0 aliphatic rings. The highest BCUT2D eigenvalue weighted by molar-refractivity contribution is 5.97. The Morgan fingerprint density at radius 2 is 1.65 bits per heavy atom. The van der Waals surface area contributed by atoms with E-state index in [1.54, 1.807) is 6.07 Å². The quantitative estimate of drug-likeness (QED) is 0.737. The number of hydrogen-bond acceptors (Lipinski definition) is 3. The standard InChI is InChI=1S/C14H22N2O/c1-13(2,3)9-10-7-8-11(16-15-10)12(17)14(4,5)6/h7-8H,9H2,1-6H3. The Morgan fingerprint density at radius 1 is 1.06 bits per heavy atom. The lowest BCUT2D eigenvalue weighted by Gasteiger charge is -2.18. The highest BCUT2D eigenvalue weighted by atomic mass is 16.1. The SMILES string of the molecule is CC(C)(C)Cc1ccc(C(=O)C(C)(C)C)nn1. The molecule has 0 aliphatic carbocycles. The van der Waals surface area contributed by atoms with Gasteiger partial charge in [0, 0.05) is 5.41 Å². The monoisotopic (exact) mass is 234 g/mol. The first-order chi connectivity index (χ1) is 7.59. The van der Waals surface area contributed by atoms with Gasteiger partial charge < -0.3 is 0 Å². The van der Waals surface area contributed by atoms with Gasteiger partial charge in [0.15, 0.2) is 5.78 Å². The van der Waals surface area contributed by atoms with Gasteiger partial charge in [-0.05, 0) is 24.0 Å². The summed E-state index contributed by atoms with van der Waals surface area (Å²) in [5, 5.41) is 8.16. The van der Waals surface area contributed by atoms with Gasteiger partial charge in [-0.2, -0.15) is 5.10 Å². The Labute approximate surface area is 104 Å². The molecule has 1 heterocycles. The molecule has 0 N–H and O–H groups in total. The molecule has 17 heavy (non-hydrogen) atoms. The van der Waals surface area contributed by atoms with E-state index in [9.17, 15) is 4.79 Å². The van der Waals surface area contributed by atoms with Crippen molar-refractivity contribution < 1.29 is 4.79 Å². The zero-order valence-electron chi connectivity index (χ0n) is 11.7. The lowest BCUT2D eigenvalue weighted by Crippen LogP contribution is -2.22. The van der Waals surface area contributed by atoms with E-state index in [1.807, 2.05) is 26.8 Å². The minimum absolute atomic E-state index is 0.0345. The Morgan fingerprint density at radius 3 is 2.00 bits per heavy atom. The number of ketones is 1. The lowest BCUT2D eigenvalue weighted by molar-refractivity contribution is 0.0851. The van der Waals surface area contributed by atoms with Crippen molar-refractivity contribution >= 4 is 5.78 Å². The third-order valence-corrected chi connectivity index (χ3v) is 2.35. The second-order valence-electron chi connectivity index (χ2n) is 6.73. The average Bonchev–Trinajstić information content (AvgIpc) is 2.14. The van der Waals surface area contributed by atoms with Crippen LogP contribution in [0.3, 0.4) is 0 Å². The maximum absolute atomic E-state index is 12.0. The molecule has 0 amide bonds. The van der Waals surface area contributed by atoms with Crippen LogP contribution in [0.15, 0.2) is 12.1 Å². The van der Waals surface area contributed by atoms with E-state index in [4.69, 9.17) is 0 Å². The fourth-order valence-corrected chi connectivity index (χ4v) is 1.50. The normalized spacial score (nSPS) is 12.6. The van der Waals surface area contributed by atoms with Crippen LogP contribution in [0, 0.1) is 10.8 Å². The molecule has 0 saturated heterocycles. The minimum Gasteiger partial charge on any atom is -0.292 e. The van der Waals surface area contributed by atoms with Gasteiger partial charge in [0.1, 0.15) is 5.69 Å². The molecule has 0 saturated carbocycles. The van der Waals surface area contributed by atoms with Gasteiger partial charge in [-0.25, -0.2) is 0 Å². The fourth-order valence-electron chi connectivity index (χ4n) is 1.50. The molecule has 0 atom stereocenters. The largest absolute Gasteiger partial charge is 0.292 e. The summed E-state index contributed by atoms with van der Waals surface area (Å²) in [6.45, 7) is 12.1. The molecule has 1 aromatic heterocycles. The van der Waals surface area contributed by atoms with Crippen LogP contribution in [0.25, 0.3) is 0 Å². The maximum atomic E-state index is 12.0. The summed E-state index contributed by atoms with van der Waals surface area (Å²) in [4.78, 5) is 12.0. The number of aromatic nitrogens is 2. The van der Waals surface area contributed by atoms with E-state index >= 15 is 0 Å². The van der Waals surface area contributed by atoms with Crippen molar-refractivity contribution in [3.63, 3.8) is 0 Å². The summed E-state index contributed by atoms with van der Waals surface area (Å²) < 4.78 is 0. The summed E-state index contributed by atoms with van der Waals surface area (Å²) in [6.07, 6.45) is 0.865. The van der Waals surface area contributed by atoms with Crippen LogP contribution in [0.2, 0.25) is 0 Å². The predicted molar refractivity (Wildman–Crippen MR) is 69.0 cm³/mol. The van der Waals surface area contributed by atoms with Gasteiger partial charge in [0.25, 0.3) is 0 Å². The second kappa shape index (κ2) is 4.55. The number of nitrogens with zero attached hydrogens (tertiary/aromatic N) is 2. The number of carbonyl (C=O) groups excluding carboxylic acids is 1. The molecule has 0 bridgehead atoms. The molecule has 0 aromatic carbocycles. The number of carbonyl (C=O) groups is 1. The molecule has 0 aliphatic heterocycles. The summed E-state index contributed by atoms with van der Waals surface area (Å²) >= 11 is 0. The van der Waals surface area contributed by atoms with Crippen molar-refractivity contribution in [3.8, 4) is 0 Å². The van der Waals surface area contributed by atoms with Crippen LogP contribution >= 0.6 is 0 Å². The zero-order chi connectivity index (χ0) is 13.3. The van der Waals surface area contributed by atoms with Crippen molar-refractivity contribution in [2.45, 2.75) is 48.0 Å². The summed E-state index contributed by atoms with van der Waals surface area (Å²) in [5.41, 5.74) is 1.17. The molecular weight excluding hydrogens is 212 g/mol. The van der Waals surface area contributed by atoms with Crippen molar-refractivity contribution in [2.75, 3.05) is 0 Å². The first kappa shape index (κ1) is 13.8. The molecule has 94 valence electrons. The van der Waals surface area contributed by atoms with Gasteiger partial charge in [-0.1, -0.05) is 41.5 Å². The van der Waals surface area contributed by atoms with E-state index in [2.05, 4.69) is 31.0 Å². The van der Waals surface area contributed by atoms with Crippen LogP contribution < -0.4 is 0 Å². The molecule has 0 radical (unpaired) electrons. The Kier molecular flexibility index (Phi) is 3.70. The van der Waals surface area contributed by atoms with Crippen molar-refractivity contribution in [3.05, 3.63) is 23.5 Å². The molecule has 3 heteroatoms. The van der Waals surface area contributed by atoms with Crippen molar-refractivity contribution in [1.82, 2.24) is 10.2 Å². The third kappa shape index (κ3) is 4.25. The summed E-state index contributed by atoms with van der Waals surface area (Å²) in [7, 11) is 0. The molecular formula is C14H22N2O. The number of rotatable bonds is 2. The van der Waals surface area contributed by atoms with Crippen molar-refractivity contribution in [2.24, 2.45) is 10.8 Å². The summed E-state index contributed by atoms with van der Waals surface area (Å²) in [6, 6.07) is 3.68. The lowest BCUT2D eigenvalue weighted by atomic mass is 9.88. The number of hydrogen-bond donors (Lipinski definition) is 0. The Bertz CT molecular complexity index is 394. The molecule has 0 spiro atoms. The van der Waals surface area contributed by atoms with Gasteiger partial charge in [0.2, 0.25) is 0 Å². The van der Waals surface area contributed by atoms with Gasteiger partial charge in [0.05, 0.1) is 5.69 Å². The van der Waals surface area contributed by atoms with Gasteiger partial charge >= 0.3 is 0 Å². The maximum Gasteiger partial charge on any atom is 0.188 e. The summed E-state index contributed by atoms with van der Waals surface area (Å²) in [5.74, 6) is 0.0345. The molecule has 1 aromatic rings. The minimum atomic E-state index is -0.403. The molecule has 3 nitrogen and oxygen atoms in total. The second-order valence-corrected chi connectivity index (χ2v) is 6.73.